The normalized spacial score (nSPS) is 15.6. The molecule has 1 fully saturated rings. The zero-order valence-electron chi connectivity index (χ0n) is 18.6. The van der Waals surface area contributed by atoms with Gasteiger partial charge in [-0.05, 0) is 36.4 Å². The van der Waals surface area contributed by atoms with Crippen molar-refractivity contribution >= 4 is 22.9 Å². The van der Waals surface area contributed by atoms with Crippen LogP contribution in [0.15, 0.2) is 66.9 Å². The van der Waals surface area contributed by atoms with Crippen molar-refractivity contribution in [1.29, 1.82) is 0 Å². The van der Waals surface area contributed by atoms with Crippen LogP contribution in [0.3, 0.4) is 0 Å². The predicted octanol–water partition coefficient (Wildman–Crippen LogP) is 3.50. The molecule has 6 rings (SSSR count). The third kappa shape index (κ3) is 3.90. The Hall–Kier alpha value is -4.11. The van der Waals surface area contributed by atoms with Crippen molar-refractivity contribution in [1.82, 2.24) is 24.3 Å². The number of benzene rings is 2. The molecule has 0 spiro atoms. The average Bonchev–Trinajstić information content (AvgIpc) is 3.49. The van der Waals surface area contributed by atoms with Gasteiger partial charge in [-0.25, -0.2) is 14.8 Å². The van der Waals surface area contributed by atoms with Crippen LogP contribution in [0.25, 0.3) is 16.9 Å². The lowest BCUT2D eigenvalue weighted by Crippen LogP contribution is -2.49. The largest absolute Gasteiger partial charge is 0.454 e. The second-order valence-electron chi connectivity index (χ2n) is 8.31. The lowest BCUT2D eigenvalue weighted by Gasteiger charge is -2.34. The molecule has 0 aliphatic carbocycles. The van der Waals surface area contributed by atoms with Crippen molar-refractivity contribution in [2.45, 2.75) is 6.54 Å². The summed E-state index contributed by atoms with van der Waals surface area (Å²) >= 11 is 0. The number of carbonyl (C=O) groups excluding carboxylic acids is 1. The first-order valence-corrected chi connectivity index (χ1v) is 11.3. The molecule has 2 aromatic carbocycles. The number of pyridine rings is 1. The Labute approximate surface area is 196 Å². The van der Waals surface area contributed by atoms with Gasteiger partial charge in [0.15, 0.2) is 17.1 Å². The van der Waals surface area contributed by atoms with Gasteiger partial charge in [-0.2, -0.15) is 0 Å². The number of urea groups is 1. The fourth-order valence-corrected chi connectivity index (χ4v) is 4.40. The molecule has 2 aromatic heterocycles. The summed E-state index contributed by atoms with van der Waals surface area (Å²) in [6.07, 6.45) is 1.80. The molecule has 2 amide bonds. The van der Waals surface area contributed by atoms with Crippen LogP contribution < -0.4 is 14.8 Å². The molecule has 9 heteroatoms. The highest BCUT2D eigenvalue weighted by molar-refractivity contribution is 5.89. The van der Waals surface area contributed by atoms with Crippen molar-refractivity contribution < 1.29 is 14.3 Å². The maximum absolute atomic E-state index is 12.8. The highest BCUT2D eigenvalue weighted by Gasteiger charge is 2.24. The summed E-state index contributed by atoms with van der Waals surface area (Å²) in [7, 11) is 0. The van der Waals surface area contributed by atoms with Crippen LogP contribution in [-0.4, -0.2) is 63.3 Å². The van der Waals surface area contributed by atoms with E-state index in [1.54, 1.807) is 12.3 Å². The predicted molar refractivity (Wildman–Crippen MR) is 127 cm³/mol. The Kier molecular flexibility index (Phi) is 5.23. The number of nitrogens with zero attached hydrogens (tertiary/aromatic N) is 5. The molecular weight excluding hydrogens is 432 g/mol. The van der Waals surface area contributed by atoms with E-state index in [1.807, 2.05) is 47.4 Å². The Bertz CT molecular complexity index is 1330. The molecule has 2 aliphatic heterocycles. The minimum absolute atomic E-state index is 0.112. The number of para-hydroxylation sites is 1. The summed E-state index contributed by atoms with van der Waals surface area (Å²) in [6, 6.07) is 19.4. The molecule has 2 aliphatic rings. The Morgan fingerprint density at radius 3 is 2.62 bits per heavy atom. The van der Waals surface area contributed by atoms with E-state index >= 15 is 0 Å². The first-order chi connectivity index (χ1) is 16.7. The van der Waals surface area contributed by atoms with E-state index in [0.29, 0.717) is 36.8 Å². The van der Waals surface area contributed by atoms with E-state index < -0.39 is 0 Å². The third-order valence-corrected chi connectivity index (χ3v) is 6.15. The van der Waals surface area contributed by atoms with Crippen molar-refractivity contribution in [3.05, 3.63) is 72.7 Å². The van der Waals surface area contributed by atoms with Gasteiger partial charge in [-0.3, -0.25) is 9.47 Å². The lowest BCUT2D eigenvalue weighted by atomic mass is 10.2. The van der Waals surface area contributed by atoms with E-state index in [4.69, 9.17) is 14.5 Å². The topological polar surface area (TPSA) is 84.8 Å². The highest BCUT2D eigenvalue weighted by Crippen LogP contribution is 2.34. The Morgan fingerprint density at radius 2 is 1.76 bits per heavy atom. The summed E-state index contributed by atoms with van der Waals surface area (Å²) in [4.78, 5) is 26.4. The smallest absolute Gasteiger partial charge is 0.321 e. The Balaban J connectivity index is 1.13. The zero-order valence-corrected chi connectivity index (χ0v) is 18.6. The Morgan fingerprint density at radius 1 is 0.941 bits per heavy atom. The maximum atomic E-state index is 12.8. The van der Waals surface area contributed by atoms with Crippen LogP contribution >= 0.6 is 0 Å². The number of fused-ring (bicyclic) bond motifs is 2. The number of amides is 2. The molecule has 0 saturated carbocycles. The number of nitrogens with one attached hydrogen (secondary N) is 1. The van der Waals surface area contributed by atoms with Crippen LogP contribution in [-0.2, 0) is 6.54 Å². The molecule has 0 radical (unpaired) electrons. The number of rotatable bonds is 4. The van der Waals surface area contributed by atoms with E-state index in [-0.39, 0.29) is 12.8 Å². The van der Waals surface area contributed by atoms with Gasteiger partial charge in [-0.15, -0.1) is 0 Å². The molecule has 0 atom stereocenters. The number of anilines is 1. The van der Waals surface area contributed by atoms with Gasteiger partial charge < -0.3 is 19.7 Å². The van der Waals surface area contributed by atoms with Crippen LogP contribution in [0, 0.1) is 0 Å². The number of imidazole rings is 1. The van der Waals surface area contributed by atoms with Gasteiger partial charge in [0, 0.05) is 49.8 Å². The fraction of sp³-hybridized carbons (Fsp3) is 0.240. The van der Waals surface area contributed by atoms with Crippen LogP contribution in [0.4, 0.5) is 10.5 Å². The second-order valence-corrected chi connectivity index (χ2v) is 8.31. The molecule has 172 valence electrons. The van der Waals surface area contributed by atoms with Crippen molar-refractivity contribution in [2.24, 2.45) is 0 Å². The van der Waals surface area contributed by atoms with Crippen molar-refractivity contribution in [3.8, 4) is 17.2 Å². The van der Waals surface area contributed by atoms with Crippen molar-refractivity contribution in [2.75, 3.05) is 38.3 Å². The number of hydrogen-bond acceptors (Lipinski definition) is 6. The fourth-order valence-electron chi connectivity index (χ4n) is 4.40. The molecule has 4 aromatic rings. The van der Waals surface area contributed by atoms with E-state index in [0.717, 1.165) is 35.8 Å². The van der Waals surface area contributed by atoms with Gasteiger partial charge in [0.25, 0.3) is 0 Å². The summed E-state index contributed by atoms with van der Waals surface area (Å²) in [5, 5.41) is 2.96. The van der Waals surface area contributed by atoms with E-state index in [2.05, 4.69) is 31.9 Å². The molecule has 4 heterocycles. The summed E-state index contributed by atoms with van der Waals surface area (Å²) < 4.78 is 12.8. The molecule has 0 bridgehead atoms. The maximum Gasteiger partial charge on any atom is 0.321 e. The van der Waals surface area contributed by atoms with Gasteiger partial charge in [-0.1, -0.05) is 18.2 Å². The van der Waals surface area contributed by atoms with Crippen molar-refractivity contribution in [3.63, 3.8) is 0 Å². The van der Waals surface area contributed by atoms with Gasteiger partial charge in [0.2, 0.25) is 6.79 Å². The molecule has 34 heavy (non-hydrogen) atoms. The van der Waals surface area contributed by atoms with Gasteiger partial charge in [0.05, 0.1) is 6.54 Å². The SMILES string of the molecule is O=C(Nc1ccc2c(c1)OCO2)N1CCN(Cc2nc3cccnc3n2-c2ccccc2)CC1. The van der Waals surface area contributed by atoms with Crippen LogP contribution in [0.2, 0.25) is 0 Å². The molecular formula is C25H24N6O3. The number of aromatic nitrogens is 3. The minimum Gasteiger partial charge on any atom is -0.454 e. The van der Waals surface area contributed by atoms with Crippen LogP contribution in [0.1, 0.15) is 5.82 Å². The standard InChI is InChI=1S/C25H24N6O3/c32-25(27-18-8-9-21-22(15-18)34-17-33-21)30-13-11-29(12-14-30)16-23-28-20-7-4-10-26-24(20)31(23)19-5-2-1-3-6-19/h1-10,15H,11-14,16-17H2,(H,27,32). The van der Waals surface area contributed by atoms with Crippen LogP contribution in [0.5, 0.6) is 11.5 Å². The first kappa shape index (κ1) is 20.5. The first-order valence-electron chi connectivity index (χ1n) is 11.3. The quantitative estimate of drug-likeness (QED) is 0.506. The van der Waals surface area contributed by atoms with Gasteiger partial charge in [0.1, 0.15) is 11.3 Å². The molecule has 1 N–H and O–H groups in total. The number of piperazine rings is 1. The van der Waals surface area contributed by atoms with E-state index in [9.17, 15) is 4.79 Å². The molecule has 0 unspecified atom stereocenters. The van der Waals surface area contributed by atoms with E-state index in [1.165, 1.54) is 0 Å². The number of carbonyl (C=O) groups is 1. The molecule has 9 nitrogen and oxygen atoms in total. The summed E-state index contributed by atoms with van der Waals surface area (Å²) in [6.45, 7) is 3.70. The van der Waals surface area contributed by atoms with Gasteiger partial charge >= 0.3 is 6.03 Å². The second kappa shape index (κ2) is 8.68. The lowest BCUT2D eigenvalue weighted by molar-refractivity contribution is 0.140. The highest BCUT2D eigenvalue weighted by atomic mass is 16.7. The third-order valence-electron chi connectivity index (χ3n) is 6.15. The average molecular weight is 457 g/mol. The number of hydrogen-bond donors (Lipinski definition) is 1. The zero-order chi connectivity index (χ0) is 22.9. The molecule has 1 saturated heterocycles. The monoisotopic (exact) mass is 456 g/mol. The summed E-state index contributed by atoms with van der Waals surface area (Å²) in [5.74, 6) is 2.29. The number of ether oxygens (including phenoxy) is 2. The summed E-state index contributed by atoms with van der Waals surface area (Å²) in [5.41, 5.74) is 3.47. The minimum atomic E-state index is -0.112.